The van der Waals surface area contributed by atoms with Gasteiger partial charge in [0.2, 0.25) is 0 Å². The molecule has 1 N–H and O–H groups in total. The minimum atomic E-state index is -4.43. The first kappa shape index (κ1) is 26.6. The van der Waals surface area contributed by atoms with Crippen LogP contribution in [0.25, 0.3) is 6.08 Å². The Hall–Kier alpha value is -3.96. The molecule has 200 valence electrons. The summed E-state index contributed by atoms with van der Waals surface area (Å²) in [5.41, 5.74) is 1.10. The Kier molecular flexibility index (Phi) is 7.28. The summed E-state index contributed by atoms with van der Waals surface area (Å²) in [7, 11) is 0. The number of alkyl halides is 3. The zero-order valence-electron chi connectivity index (χ0n) is 20.3. The van der Waals surface area contributed by atoms with Crippen molar-refractivity contribution in [1.82, 2.24) is 10.3 Å². The maximum Gasteiger partial charge on any atom is 0.417 e. The molecule has 2 aromatic carbocycles. The van der Waals surface area contributed by atoms with Crippen molar-refractivity contribution in [2.45, 2.75) is 6.18 Å². The van der Waals surface area contributed by atoms with Crippen LogP contribution < -0.4 is 20.0 Å². The molecule has 7 nitrogen and oxygen atoms in total. The van der Waals surface area contributed by atoms with Gasteiger partial charge in [0.25, 0.3) is 11.8 Å². The number of benzene rings is 2. The summed E-state index contributed by atoms with van der Waals surface area (Å²) in [6.45, 7) is 2.18. The van der Waals surface area contributed by atoms with Crippen LogP contribution in [-0.4, -0.2) is 48.1 Å². The molecule has 0 aliphatic carbocycles. The molecule has 2 fully saturated rings. The maximum absolute atomic E-state index is 13.4. The van der Waals surface area contributed by atoms with Gasteiger partial charge < -0.3 is 9.80 Å². The summed E-state index contributed by atoms with van der Waals surface area (Å²) in [5.74, 6) is -0.678. The molecule has 5 rings (SSSR count). The highest BCUT2D eigenvalue weighted by Gasteiger charge is 2.35. The third-order valence-corrected chi connectivity index (χ3v) is 6.98. The Morgan fingerprint density at radius 1 is 0.923 bits per heavy atom. The fourth-order valence-electron chi connectivity index (χ4n) is 4.45. The minimum absolute atomic E-state index is 0.0224. The third-order valence-electron chi connectivity index (χ3n) is 6.44. The van der Waals surface area contributed by atoms with E-state index in [0.717, 1.165) is 18.0 Å². The van der Waals surface area contributed by atoms with Gasteiger partial charge in [0.1, 0.15) is 11.4 Å². The van der Waals surface area contributed by atoms with Gasteiger partial charge in [0.05, 0.1) is 11.3 Å². The molecule has 2 amide bonds. The molecule has 39 heavy (non-hydrogen) atoms. The molecule has 0 radical (unpaired) electrons. The number of hydrogen-bond acceptors (Lipinski definition) is 6. The van der Waals surface area contributed by atoms with E-state index in [9.17, 15) is 22.8 Å². The number of thiocarbonyl (C=S) groups is 1. The molecule has 0 unspecified atom stereocenters. The van der Waals surface area contributed by atoms with Crippen molar-refractivity contribution in [1.29, 1.82) is 0 Å². The Bertz CT molecular complexity index is 1450. The largest absolute Gasteiger partial charge is 0.417 e. The number of amides is 2. The first-order valence-corrected chi connectivity index (χ1v) is 12.7. The summed E-state index contributed by atoms with van der Waals surface area (Å²) in [4.78, 5) is 35.4. The highest BCUT2D eigenvalue weighted by atomic mass is 35.5. The minimum Gasteiger partial charge on any atom is -0.367 e. The topological polar surface area (TPSA) is 68.8 Å². The van der Waals surface area contributed by atoms with Crippen LogP contribution in [-0.2, 0) is 15.8 Å². The lowest BCUT2D eigenvalue weighted by molar-refractivity contribution is -0.137. The monoisotopic (exact) mass is 571 g/mol. The number of aromatic nitrogens is 1. The second-order valence-electron chi connectivity index (χ2n) is 8.87. The van der Waals surface area contributed by atoms with Crippen molar-refractivity contribution in [2.75, 3.05) is 40.9 Å². The number of hydrogen-bond donors (Lipinski definition) is 1. The number of nitrogens with one attached hydrogen (secondary N) is 1. The number of piperazine rings is 1. The first-order chi connectivity index (χ1) is 18.6. The van der Waals surface area contributed by atoms with E-state index in [1.165, 1.54) is 11.0 Å². The van der Waals surface area contributed by atoms with Crippen molar-refractivity contribution in [3.8, 4) is 0 Å². The summed E-state index contributed by atoms with van der Waals surface area (Å²) in [5, 5.41) is 3.05. The van der Waals surface area contributed by atoms with Gasteiger partial charge in [-0.3, -0.25) is 19.8 Å². The Labute approximate surface area is 232 Å². The normalized spacial score (nSPS) is 17.6. The van der Waals surface area contributed by atoms with Crippen molar-refractivity contribution >= 4 is 64.0 Å². The van der Waals surface area contributed by atoms with Crippen LogP contribution >= 0.6 is 23.8 Å². The van der Waals surface area contributed by atoms with Crippen LogP contribution in [0.1, 0.15) is 11.1 Å². The van der Waals surface area contributed by atoms with Gasteiger partial charge >= 0.3 is 6.18 Å². The lowest BCUT2D eigenvalue weighted by Gasteiger charge is -2.37. The molecule has 2 saturated heterocycles. The number of carbonyl (C=O) groups is 2. The predicted octanol–water partition coefficient (Wildman–Crippen LogP) is 4.91. The molecule has 2 aliphatic heterocycles. The van der Waals surface area contributed by atoms with Crippen LogP contribution in [0, 0.1) is 0 Å². The molecule has 3 heterocycles. The number of pyridine rings is 1. The Balaban J connectivity index is 1.35. The molecule has 0 atom stereocenters. The van der Waals surface area contributed by atoms with Gasteiger partial charge in [0, 0.05) is 43.1 Å². The molecule has 1 aromatic heterocycles. The second kappa shape index (κ2) is 10.7. The maximum atomic E-state index is 13.4. The van der Waals surface area contributed by atoms with E-state index < -0.39 is 23.6 Å². The summed E-state index contributed by atoms with van der Waals surface area (Å²) in [6, 6.07) is 16.3. The van der Waals surface area contributed by atoms with Crippen LogP contribution in [0.15, 0.2) is 72.4 Å². The van der Waals surface area contributed by atoms with Gasteiger partial charge in [-0.1, -0.05) is 29.8 Å². The number of para-hydroxylation sites is 1. The van der Waals surface area contributed by atoms with Crippen LogP contribution in [0.4, 0.5) is 30.4 Å². The van der Waals surface area contributed by atoms with Crippen molar-refractivity contribution in [3.05, 3.63) is 88.6 Å². The summed E-state index contributed by atoms with van der Waals surface area (Å²) < 4.78 is 38.6. The number of nitrogens with zero attached hydrogens (tertiary/aromatic N) is 4. The Morgan fingerprint density at radius 3 is 2.23 bits per heavy atom. The van der Waals surface area contributed by atoms with E-state index in [-0.39, 0.29) is 10.7 Å². The summed E-state index contributed by atoms with van der Waals surface area (Å²) >= 11 is 11.2. The van der Waals surface area contributed by atoms with Gasteiger partial charge in [-0.25, -0.2) is 4.98 Å². The number of carbonyl (C=O) groups excluding carboxylic acids is 2. The van der Waals surface area contributed by atoms with E-state index >= 15 is 0 Å². The van der Waals surface area contributed by atoms with E-state index in [2.05, 4.69) is 15.2 Å². The van der Waals surface area contributed by atoms with Crippen LogP contribution in [0.2, 0.25) is 5.02 Å². The van der Waals surface area contributed by atoms with Gasteiger partial charge in [-0.05, 0) is 66.3 Å². The Morgan fingerprint density at radius 2 is 1.59 bits per heavy atom. The van der Waals surface area contributed by atoms with E-state index in [4.69, 9.17) is 23.8 Å². The molecule has 0 bridgehead atoms. The van der Waals surface area contributed by atoms with E-state index in [1.807, 2.05) is 29.2 Å². The lowest BCUT2D eigenvalue weighted by Crippen LogP contribution is -2.54. The molecule has 0 saturated carbocycles. The fourth-order valence-corrected chi connectivity index (χ4v) is 4.86. The molecule has 3 aromatic rings. The fraction of sp³-hybridized carbons (Fsp3) is 0.185. The predicted molar refractivity (Wildman–Crippen MR) is 148 cm³/mol. The zero-order chi connectivity index (χ0) is 27.7. The molecular formula is C27H21ClF3N5O2S. The number of halogens is 4. The van der Waals surface area contributed by atoms with Gasteiger partial charge in [-0.15, -0.1) is 0 Å². The average molecular weight is 572 g/mol. The summed E-state index contributed by atoms with van der Waals surface area (Å²) in [6.07, 6.45) is -2.05. The lowest BCUT2D eigenvalue weighted by atomic mass is 10.0. The van der Waals surface area contributed by atoms with Crippen molar-refractivity contribution < 1.29 is 22.8 Å². The second-order valence-corrected chi connectivity index (χ2v) is 9.69. The molecule has 0 spiro atoms. The number of anilines is 3. The molecule has 12 heteroatoms. The standard InChI is InChI=1S/C27H21ClF3N5O2S/c28-19-6-8-20(9-7-19)36-25(38)21(24(37)33-26(36)39)15-17-3-1-2-4-22(17)34-11-13-35(14-12-34)23-10-5-18(16-32-23)27(29,30)31/h1-10,15-16H,11-14H2,(H,33,37,39). The molecule has 2 aliphatic rings. The van der Waals surface area contributed by atoms with Crippen LogP contribution in [0.5, 0.6) is 0 Å². The van der Waals surface area contributed by atoms with Gasteiger partial charge in [0.15, 0.2) is 5.11 Å². The first-order valence-electron chi connectivity index (χ1n) is 11.9. The third kappa shape index (κ3) is 5.59. The van der Waals surface area contributed by atoms with Crippen molar-refractivity contribution in [2.24, 2.45) is 0 Å². The zero-order valence-corrected chi connectivity index (χ0v) is 21.9. The number of rotatable bonds is 4. The SMILES string of the molecule is O=C1NC(=S)N(c2ccc(Cl)cc2)C(=O)C1=Cc1ccccc1N1CCN(c2ccc(C(F)(F)F)cn2)CC1. The van der Waals surface area contributed by atoms with Gasteiger partial charge in [-0.2, -0.15) is 13.2 Å². The average Bonchev–Trinajstić information content (AvgIpc) is 2.92. The van der Waals surface area contributed by atoms with E-state index in [0.29, 0.717) is 48.3 Å². The quantitative estimate of drug-likeness (QED) is 0.273. The van der Waals surface area contributed by atoms with Crippen LogP contribution in [0.3, 0.4) is 0 Å². The smallest absolute Gasteiger partial charge is 0.367 e. The highest BCUT2D eigenvalue weighted by Crippen LogP contribution is 2.31. The van der Waals surface area contributed by atoms with E-state index in [1.54, 1.807) is 30.3 Å². The van der Waals surface area contributed by atoms with Crippen molar-refractivity contribution in [3.63, 3.8) is 0 Å². The molecular weight excluding hydrogens is 551 g/mol. The highest BCUT2D eigenvalue weighted by molar-refractivity contribution is 7.80.